The molecule has 0 spiro atoms. The summed E-state index contributed by atoms with van der Waals surface area (Å²) >= 11 is 0. The third-order valence-electron chi connectivity index (χ3n) is 7.76. The summed E-state index contributed by atoms with van der Waals surface area (Å²) in [5, 5.41) is 11.9. The van der Waals surface area contributed by atoms with Crippen molar-refractivity contribution in [2.45, 2.75) is 32.1 Å². The topological polar surface area (TPSA) is 112 Å². The molecule has 0 saturated carbocycles. The molecule has 3 aromatic carbocycles. The first-order valence-corrected chi connectivity index (χ1v) is 15.6. The lowest BCUT2D eigenvalue weighted by atomic mass is 10.1. The maximum atomic E-state index is 13.4. The van der Waals surface area contributed by atoms with Gasteiger partial charge in [-0.3, -0.25) is 14.4 Å². The highest BCUT2D eigenvalue weighted by atomic mass is 35.5. The van der Waals surface area contributed by atoms with Gasteiger partial charge in [0.05, 0.1) is 24.5 Å². The number of aliphatic hydroxyl groups is 1. The van der Waals surface area contributed by atoms with Crippen molar-refractivity contribution in [1.29, 1.82) is 0 Å². The van der Waals surface area contributed by atoms with Crippen molar-refractivity contribution >= 4 is 41.5 Å². The molecule has 0 aliphatic carbocycles. The van der Waals surface area contributed by atoms with Gasteiger partial charge in [-0.2, -0.15) is 0 Å². The Hall–Kier alpha value is -4.12. The van der Waals surface area contributed by atoms with Gasteiger partial charge in [-0.15, -0.1) is 12.4 Å². The largest absolute Gasteiger partial charge is 0.493 e. The van der Waals surface area contributed by atoms with Crippen molar-refractivity contribution in [3.63, 3.8) is 0 Å². The highest BCUT2D eigenvalue weighted by Crippen LogP contribution is 2.29. The van der Waals surface area contributed by atoms with Crippen molar-refractivity contribution in [3.05, 3.63) is 83.9 Å². The van der Waals surface area contributed by atoms with Gasteiger partial charge in [0.25, 0.3) is 11.8 Å². The molecule has 0 radical (unpaired) electrons. The highest BCUT2D eigenvalue weighted by molar-refractivity contribution is 6.08. The number of halogens is 1. The average molecular weight is 653 g/mol. The van der Waals surface area contributed by atoms with Crippen LogP contribution in [0.1, 0.15) is 52.8 Å². The minimum Gasteiger partial charge on any atom is -0.493 e. The summed E-state index contributed by atoms with van der Waals surface area (Å²) in [5.74, 6) is 0.738. The molecule has 248 valence electrons. The molecule has 2 N–H and O–H groups in total. The molecule has 0 atom stereocenters. The summed E-state index contributed by atoms with van der Waals surface area (Å²) in [5.41, 5.74) is 2.04. The average Bonchev–Trinajstić information content (AvgIpc) is 3.06. The minimum absolute atomic E-state index is 0. The van der Waals surface area contributed by atoms with E-state index in [-0.39, 0.29) is 36.7 Å². The van der Waals surface area contributed by atoms with E-state index in [0.29, 0.717) is 60.1 Å². The standard InChI is InChI=1S/C35H44N4O6.ClH/c1-37-20-22-39(23-21-37)33(41)15-4-3-9-25-45-32-14-8-6-12-30(32)38(2)35(43)27-16-18-28(19-17-27)36-34(42)29-11-5-7-13-31(29)44-26-10-24-40;/h5-8,11-14,16-19,40H,3-4,9-10,15,20-26H2,1-2H3,(H,36,42);1H. The minimum atomic E-state index is -0.335. The number of unbranched alkanes of at least 4 members (excludes halogenated alkanes) is 2. The van der Waals surface area contributed by atoms with Crippen LogP contribution in [0.2, 0.25) is 0 Å². The molecule has 1 aliphatic rings. The fraction of sp³-hybridized carbons (Fsp3) is 0.400. The number of likely N-dealkylation sites (N-methyl/N-ethyl adjacent to an activating group) is 1. The predicted octanol–water partition coefficient (Wildman–Crippen LogP) is 5.11. The molecular formula is C35H45ClN4O6. The van der Waals surface area contributed by atoms with Gasteiger partial charge in [0.15, 0.2) is 0 Å². The number of benzene rings is 3. The molecule has 10 nitrogen and oxygen atoms in total. The Labute approximate surface area is 277 Å². The molecule has 1 fully saturated rings. The summed E-state index contributed by atoms with van der Waals surface area (Å²) in [7, 11) is 3.79. The molecule has 0 unspecified atom stereocenters. The number of aliphatic hydroxyl groups excluding tert-OH is 1. The van der Waals surface area contributed by atoms with Crippen LogP contribution >= 0.6 is 12.4 Å². The number of carbonyl (C=O) groups excluding carboxylic acids is 3. The van der Waals surface area contributed by atoms with Gasteiger partial charge in [-0.1, -0.05) is 24.3 Å². The van der Waals surface area contributed by atoms with Crippen LogP contribution in [0.25, 0.3) is 0 Å². The molecule has 3 amide bonds. The van der Waals surface area contributed by atoms with Crippen molar-refractivity contribution in [2.75, 3.05) is 70.3 Å². The van der Waals surface area contributed by atoms with E-state index in [9.17, 15) is 14.4 Å². The quantitative estimate of drug-likeness (QED) is 0.220. The molecule has 11 heteroatoms. The fourth-order valence-corrected chi connectivity index (χ4v) is 5.03. The van der Waals surface area contributed by atoms with E-state index in [1.165, 1.54) is 0 Å². The number of rotatable bonds is 15. The van der Waals surface area contributed by atoms with E-state index >= 15 is 0 Å². The van der Waals surface area contributed by atoms with Gasteiger partial charge in [0.2, 0.25) is 5.91 Å². The number of hydrogen-bond acceptors (Lipinski definition) is 7. The SMILES string of the molecule is CN1CCN(C(=O)CCCCCOc2ccccc2N(C)C(=O)c2ccc(NC(=O)c3ccccc3OCCCO)cc2)CC1.Cl. The third-order valence-corrected chi connectivity index (χ3v) is 7.76. The second-order valence-corrected chi connectivity index (χ2v) is 11.1. The lowest BCUT2D eigenvalue weighted by Gasteiger charge is -2.32. The van der Waals surface area contributed by atoms with Crippen molar-refractivity contribution in [1.82, 2.24) is 9.80 Å². The Morgan fingerprint density at radius 3 is 2.15 bits per heavy atom. The number of piperazine rings is 1. The zero-order valence-electron chi connectivity index (χ0n) is 26.7. The van der Waals surface area contributed by atoms with E-state index < -0.39 is 0 Å². The van der Waals surface area contributed by atoms with Gasteiger partial charge >= 0.3 is 0 Å². The maximum absolute atomic E-state index is 13.4. The molecule has 4 rings (SSSR count). The van der Waals surface area contributed by atoms with Gasteiger partial charge in [0, 0.05) is 63.9 Å². The Kier molecular flexibility index (Phi) is 14.8. The molecule has 1 heterocycles. The first-order chi connectivity index (χ1) is 21.9. The van der Waals surface area contributed by atoms with Crippen molar-refractivity contribution < 1.29 is 29.0 Å². The lowest BCUT2D eigenvalue weighted by Crippen LogP contribution is -2.47. The zero-order chi connectivity index (χ0) is 32.0. The number of ether oxygens (including phenoxy) is 2. The Morgan fingerprint density at radius 1 is 0.804 bits per heavy atom. The second-order valence-electron chi connectivity index (χ2n) is 11.1. The Morgan fingerprint density at radius 2 is 1.43 bits per heavy atom. The number of nitrogens with one attached hydrogen (secondary N) is 1. The van der Waals surface area contributed by atoms with E-state index in [2.05, 4.69) is 17.3 Å². The van der Waals surface area contributed by atoms with Gasteiger partial charge < -0.3 is 34.6 Å². The summed E-state index contributed by atoms with van der Waals surface area (Å²) < 4.78 is 11.7. The summed E-state index contributed by atoms with van der Waals surface area (Å²) in [6.45, 7) is 4.28. The van der Waals surface area contributed by atoms with E-state index in [1.807, 2.05) is 29.2 Å². The van der Waals surface area contributed by atoms with Gasteiger partial charge in [0.1, 0.15) is 11.5 Å². The van der Waals surface area contributed by atoms with E-state index in [1.54, 1.807) is 60.5 Å². The summed E-state index contributed by atoms with van der Waals surface area (Å²) in [4.78, 5) is 44.5. The highest BCUT2D eigenvalue weighted by Gasteiger charge is 2.20. The lowest BCUT2D eigenvalue weighted by molar-refractivity contribution is -0.132. The van der Waals surface area contributed by atoms with Crippen LogP contribution in [0.4, 0.5) is 11.4 Å². The maximum Gasteiger partial charge on any atom is 0.259 e. The fourth-order valence-electron chi connectivity index (χ4n) is 5.03. The van der Waals surface area contributed by atoms with Crippen LogP contribution in [0.3, 0.4) is 0 Å². The Balaban J connectivity index is 0.00000576. The van der Waals surface area contributed by atoms with Gasteiger partial charge in [-0.25, -0.2) is 0 Å². The summed E-state index contributed by atoms with van der Waals surface area (Å²) in [6, 6.07) is 21.1. The van der Waals surface area contributed by atoms with Crippen LogP contribution in [-0.4, -0.2) is 92.7 Å². The number of carbonyl (C=O) groups is 3. The van der Waals surface area contributed by atoms with Crippen LogP contribution in [0.15, 0.2) is 72.8 Å². The number of amides is 3. The van der Waals surface area contributed by atoms with Gasteiger partial charge in [-0.05, 0) is 74.8 Å². The molecule has 1 saturated heterocycles. The third kappa shape index (κ3) is 10.5. The summed E-state index contributed by atoms with van der Waals surface area (Å²) in [6.07, 6.45) is 3.57. The van der Waals surface area contributed by atoms with Crippen LogP contribution in [0.5, 0.6) is 11.5 Å². The number of hydrogen-bond donors (Lipinski definition) is 2. The second kappa shape index (κ2) is 18.8. The first kappa shape index (κ1) is 36.3. The zero-order valence-corrected chi connectivity index (χ0v) is 27.5. The molecular weight excluding hydrogens is 608 g/mol. The Bertz CT molecular complexity index is 1410. The molecule has 3 aromatic rings. The molecule has 0 bridgehead atoms. The van der Waals surface area contributed by atoms with Crippen LogP contribution < -0.4 is 19.7 Å². The number of nitrogens with zero attached hydrogens (tertiary/aromatic N) is 3. The van der Waals surface area contributed by atoms with Crippen molar-refractivity contribution in [2.24, 2.45) is 0 Å². The normalized spacial score (nSPS) is 13.0. The van der Waals surface area contributed by atoms with Crippen molar-refractivity contribution in [3.8, 4) is 11.5 Å². The predicted molar refractivity (Wildman–Crippen MR) is 182 cm³/mol. The number of anilines is 2. The molecule has 46 heavy (non-hydrogen) atoms. The number of para-hydroxylation sites is 3. The first-order valence-electron chi connectivity index (χ1n) is 15.6. The van der Waals surface area contributed by atoms with Crippen LogP contribution in [0, 0.1) is 0 Å². The smallest absolute Gasteiger partial charge is 0.259 e. The monoisotopic (exact) mass is 652 g/mol. The molecule has 1 aliphatic heterocycles. The van der Waals surface area contributed by atoms with E-state index in [4.69, 9.17) is 14.6 Å². The van der Waals surface area contributed by atoms with Crippen LogP contribution in [-0.2, 0) is 4.79 Å². The van der Waals surface area contributed by atoms with E-state index in [0.717, 1.165) is 45.4 Å². The molecule has 0 aromatic heterocycles.